The van der Waals surface area contributed by atoms with Crippen LogP contribution in [-0.4, -0.2) is 85.0 Å². The molecule has 0 atom stereocenters. The summed E-state index contributed by atoms with van der Waals surface area (Å²) in [4.78, 5) is 0. The molecule has 0 amide bonds. The van der Waals surface area contributed by atoms with Crippen molar-refractivity contribution in [2.45, 2.75) is 20.6 Å². The number of rotatable bonds is 5. The fourth-order valence-electron chi connectivity index (χ4n) is 2.45. The molecule has 0 aliphatic carbocycles. The highest BCUT2D eigenvalue weighted by molar-refractivity contribution is 8.07. The van der Waals surface area contributed by atoms with Gasteiger partial charge in [0.2, 0.25) is 0 Å². The minimum Gasteiger partial charge on any atom is -0.0937 e. The van der Waals surface area contributed by atoms with Gasteiger partial charge in [0.15, 0.2) is 0 Å². The Bertz CT molecular complexity index is 332. The first kappa shape index (κ1) is 21.0. The van der Waals surface area contributed by atoms with Gasteiger partial charge in [-0.1, -0.05) is 49.5 Å². The topological polar surface area (TPSA) is 0 Å². The predicted octanol–water partition coefficient (Wildman–Crippen LogP) is -1.41. The van der Waals surface area contributed by atoms with Gasteiger partial charge in [-0.3, -0.25) is 0 Å². The van der Waals surface area contributed by atoms with Crippen molar-refractivity contribution in [2.24, 2.45) is 0 Å². The van der Waals surface area contributed by atoms with Gasteiger partial charge in [0.05, 0.1) is 6.60 Å². The monoisotopic (exact) mass is 254 g/mol. The summed E-state index contributed by atoms with van der Waals surface area (Å²) < 4.78 is 0. The molecule has 21 heavy (non-hydrogen) atoms. The molecule has 0 heterocycles. The largest absolute Gasteiger partial charge is 0.0937 e. The van der Waals surface area contributed by atoms with Crippen molar-refractivity contribution < 1.29 is 0 Å². The van der Waals surface area contributed by atoms with E-state index in [1.807, 2.05) is 31.8 Å². The van der Waals surface area contributed by atoms with Crippen molar-refractivity contribution in [3.8, 4) is 0 Å². The average Bonchev–Trinajstić information content (AvgIpc) is 2.35. The number of hydrogen-bond donors (Lipinski definition) is 0. The van der Waals surface area contributed by atoms with E-state index in [0.717, 1.165) is 0 Å². The molecule has 0 spiro atoms. The van der Waals surface area contributed by atoms with Gasteiger partial charge in [-0.2, -0.15) is 0 Å². The highest BCUT2D eigenvalue weighted by Crippen LogP contribution is 2.01. The summed E-state index contributed by atoms with van der Waals surface area (Å²) in [6.45, 7) is 6.31. The van der Waals surface area contributed by atoms with Crippen LogP contribution in [0.3, 0.4) is 0 Å². The number of benzene rings is 1. The van der Waals surface area contributed by atoms with Crippen LogP contribution in [0.1, 0.15) is 5.56 Å². The minimum absolute atomic E-state index is 0.0741. The lowest BCUT2D eigenvalue weighted by Gasteiger charge is -2.33. The normalized spacial score (nSPS) is 8.90. The Morgan fingerprint density at radius 1 is 0.667 bits per heavy atom. The van der Waals surface area contributed by atoms with Crippen LogP contribution in [0.2, 0.25) is 13.6 Å². The summed E-state index contributed by atoms with van der Waals surface area (Å²) in [6, 6.07) is 10.3. The molecule has 1 rings (SSSR count). The molecule has 1 aromatic rings. The average molecular weight is 252 g/mol. The quantitative estimate of drug-likeness (QED) is 0.565. The Balaban J connectivity index is 0.000000471. The molecule has 0 saturated heterocycles. The lowest BCUT2D eigenvalue weighted by molar-refractivity contribution is 1.48. The highest BCUT2D eigenvalue weighted by atomic mass is 13.8. The smallest absolute Gasteiger partial charge is 0.0835 e. The Kier molecular flexibility index (Phi) is 10.7. The Hall–Kier alpha value is -0.000779. The molecule has 0 unspecified atom stereocenters. The maximum Gasteiger partial charge on any atom is 0.0835 e. The number of aryl methyl sites for hydroxylation is 1. The van der Waals surface area contributed by atoms with E-state index >= 15 is 0 Å². The maximum atomic E-state index is 5.67. The molecule has 0 nitrogen and oxygen atoms in total. The van der Waals surface area contributed by atoms with E-state index in [-0.39, 0.29) is 19.4 Å². The van der Waals surface area contributed by atoms with E-state index in [2.05, 4.69) is 19.1 Å². The molecular weight excluding hydrogens is 238 g/mol. The summed E-state index contributed by atoms with van der Waals surface area (Å²) in [5.41, 5.74) is 1.32. The predicted molar refractivity (Wildman–Crippen MR) is 112 cm³/mol. The molecule has 0 saturated carbocycles. The first-order chi connectivity index (χ1) is 9.68. The van der Waals surface area contributed by atoms with E-state index in [1.165, 1.54) is 5.56 Å². The molecular formula is C9H14B12. The zero-order chi connectivity index (χ0) is 16.6. The van der Waals surface area contributed by atoms with Crippen molar-refractivity contribution in [1.82, 2.24) is 0 Å². The molecule has 0 aliphatic heterocycles. The summed E-state index contributed by atoms with van der Waals surface area (Å²) >= 11 is 0. The molecule has 12 radical (unpaired) electrons. The summed E-state index contributed by atoms with van der Waals surface area (Å²) in [7, 11) is 33.8. The SMILES string of the molecule is Cc1ccccc1.[B]B([B])B(B([B])[B])B(B([B])[B])B(C)C. The summed E-state index contributed by atoms with van der Waals surface area (Å²) in [6.07, 6.45) is -2.05. The fourth-order valence-corrected chi connectivity index (χ4v) is 2.45. The van der Waals surface area contributed by atoms with Crippen molar-refractivity contribution in [3.05, 3.63) is 35.9 Å². The van der Waals surface area contributed by atoms with E-state index in [4.69, 9.17) is 46.4 Å². The molecule has 0 fully saturated rings. The maximum absolute atomic E-state index is 5.67. The second kappa shape index (κ2) is 10.7. The van der Waals surface area contributed by atoms with Crippen LogP contribution in [0.4, 0.5) is 0 Å². The molecule has 0 N–H and O–H groups in total. The van der Waals surface area contributed by atoms with Crippen LogP contribution in [0, 0.1) is 6.92 Å². The van der Waals surface area contributed by atoms with Gasteiger partial charge in [-0.25, -0.2) is 0 Å². The number of hydrogen-bond acceptors (Lipinski definition) is 0. The van der Waals surface area contributed by atoms with Crippen LogP contribution in [-0.2, 0) is 0 Å². The van der Waals surface area contributed by atoms with E-state index in [1.54, 1.807) is 0 Å². The first-order valence-electron chi connectivity index (χ1n) is 7.23. The zero-order valence-corrected chi connectivity index (χ0v) is 13.3. The lowest BCUT2D eigenvalue weighted by Crippen LogP contribution is -2.71. The standard InChI is InChI=1S/C7H8.C2H6B12/c1-7-5-3-2-4-6-7;1-9(2)13(10(3)4)14(11(5)6)12(7)8/h2-6H,1H3;1-2H3. The van der Waals surface area contributed by atoms with Crippen molar-refractivity contribution in [1.29, 1.82) is 0 Å². The third-order valence-electron chi connectivity index (χ3n) is 3.49. The van der Waals surface area contributed by atoms with E-state index < -0.39 is 19.2 Å². The molecule has 86 valence electrons. The summed E-state index contributed by atoms with van der Waals surface area (Å²) in [5, 5.41) is 0. The lowest BCUT2D eigenvalue weighted by atomic mass is 8.50. The van der Waals surface area contributed by atoms with Gasteiger partial charge in [-0.15, -0.1) is 0 Å². The molecule has 12 heteroatoms. The van der Waals surface area contributed by atoms with Crippen LogP contribution in [0.15, 0.2) is 30.3 Å². The Morgan fingerprint density at radius 3 is 1.19 bits per heavy atom. The van der Waals surface area contributed by atoms with Crippen LogP contribution in [0.5, 0.6) is 0 Å². The van der Waals surface area contributed by atoms with Crippen LogP contribution >= 0.6 is 0 Å². The molecule has 0 bridgehead atoms. The van der Waals surface area contributed by atoms with Gasteiger partial charge in [0.25, 0.3) is 0 Å². The molecule has 0 aliphatic rings. The van der Waals surface area contributed by atoms with E-state index in [9.17, 15) is 0 Å². The Labute approximate surface area is 141 Å². The third kappa shape index (κ3) is 8.26. The summed E-state index contributed by atoms with van der Waals surface area (Å²) in [5.74, 6) is 0. The fraction of sp³-hybridized carbons (Fsp3) is 0.333. The third-order valence-corrected chi connectivity index (χ3v) is 3.49. The highest BCUT2D eigenvalue weighted by Gasteiger charge is 2.36. The van der Waals surface area contributed by atoms with Crippen LogP contribution < -0.4 is 0 Å². The second-order valence-corrected chi connectivity index (χ2v) is 5.79. The van der Waals surface area contributed by atoms with Gasteiger partial charge >= 0.3 is 0 Å². The molecule has 0 aromatic heterocycles. The molecule has 1 aromatic carbocycles. The van der Waals surface area contributed by atoms with Crippen molar-refractivity contribution >= 4 is 85.0 Å². The van der Waals surface area contributed by atoms with Gasteiger partial charge in [0, 0.05) is 78.3 Å². The van der Waals surface area contributed by atoms with E-state index in [0.29, 0.717) is 0 Å². The zero-order valence-electron chi connectivity index (χ0n) is 13.3. The van der Waals surface area contributed by atoms with Crippen molar-refractivity contribution in [2.75, 3.05) is 0 Å². The first-order valence-corrected chi connectivity index (χ1v) is 7.23. The van der Waals surface area contributed by atoms with Crippen molar-refractivity contribution in [3.63, 3.8) is 0 Å². The van der Waals surface area contributed by atoms with Gasteiger partial charge in [0.1, 0.15) is 0 Å². The van der Waals surface area contributed by atoms with Crippen LogP contribution in [0.25, 0.3) is 0 Å². The van der Waals surface area contributed by atoms with Gasteiger partial charge in [-0.05, 0) is 6.92 Å². The minimum atomic E-state index is -0.600. The van der Waals surface area contributed by atoms with Gasteiger partial charge < -0.3 is 0 Å². The Morgan fingerprint density at radius 2 is 1.05 bits per heavy atom. The second-order valence-electron chi connectivity index (χ2n) is 5.79.